The second kappa shape index (κ2) is 6.50. The summed E-state index contributed by atoms with van der Waals surface area (Å²) in [6, 6.07) is -0.710. The van der Waals surface area contributed by atoms with Gasteiger partial charge in [0, 0.05) is 0 Å². The van der Waals surface area contributed by atoms with Crippen molar-refractivity contribution in [2.75, 3.05) is 0 Å². The number of aldehydes is 1. The standard InChI is InChI=1S/C12H18BNO3/c1-8-7-9(4-5-10(8)13)17-12(16)11(14)3-2-6-15/h6,9,11,13H,1-5,7,14H2. The Balaban J connectivity index is 2.38. The van der Waals surface area contributed by atoms with Gasteiger partial charge in [0.2, 0.25) is 0 Å². The molecular formula is C12H18BNO3. The zero-order valence-electron chi connectivity index (χ0n) is 9.98. The monoisotopic (exact) mass is 235 g/mol. The first-order valence-electron chi connectivity index (χ1n) is 5.80. The third-order valence-electron chi connectivity index (χ3n) is 2.92. The van der Waals surface area contributed by atoms with Crippen LogP contribution in [0.3, 0.4) is 0 Å². The van der Waals surface area contributed by atoms with Gasteiger partial charge in [-0.2, -0.15) is 0 Å². The van der Waals surface area contributed by atoms with E-state index >= 15 is 0 Å². The van der Waals surface area contributed by atoms with Crippen LogP contribution in [0.5, 0.6) is 0 Å². The van der Waals surface area contributed by atoms with Crippen molar-refractivity contribution < 1.29 is 14.3 Å². The van der Waals surface area contributed by atoms with Gasteiger partial charge in [-0.25, -0.2) is 0 Å². The van der Waals surface area contributed by atoms with Gasteiger partial charge in [0.25, 0.3) is 0 Å². The van der Waals surface area contributed by atoms with Crippen molar-refractivity contribution >= 4 is 25.2 Å². The molecule has 0 aliphatic heterocycles. The molecule has 92 valence electrons. The Bertz CT molecular complexity index is 341. The second-order valence-corrected chi connectivity index (χ2v) is 4.36. The van der Waals surface area contributed by atoms with Crippen LogP contribution in [0.4, 0.5) is 0 Å². The summed E-state index contributed by atoms with van der Waals surface area (Å²) in [6.07, 6.45) is 3.42. The van der Waals surface area contributed by atoms with Gasteiger partial charge in [0.15, 0.2) is 0 Å². The number of nitrogens with two attached hydrogens (primary N) is 1. The molecule has 1 fully saturated rings. The number of hydrogen-bond acceptors (Lipinski definition) is 4. The molecule has 0 heterocycles. The summed E-state index contributed by atoms with van der Waals surface area (Å²) in [7, 11) is 3.88. The molecular weight excluding hydrogens is 217 g/mol. The molecule has 0 amide bonds. The van der Waals surface area contributed by atoms with Gasteiger partial charge in [0.05, 0.1) is 0 Å². The maximum atomic E-state index is 11.6. The molecule has 17 heavy (non-hydrogen) atoms. The Hall–Kier alpha value is -1.23. The third kappa shape index (κ3) is 4.27. The van der Waals surface area contributed by atoms with E-state index < -0.39 is 12.0 Å². The summed E-state index contributed by atoms with van der Waals surface area (Å²) < 4.78 is 5.29. The summed E-state index contributed by atoms with van der Waals surface area (Å²) in [6.45, 7) is 3.88. The first-order valence-corrected chi connectivity index (χ1v) is 5.80. The van der Waals surface area contributed by atoms with E-state index in [-0.39, 0.29) is 12.5 Å². The Morgan fingerprint density at radius 3 is 3.00 bits per heavy atom. The van der Waals surface area contributed by atoms with Crippen LogP contribution in [-0.2, 0) is 14.3 Å². The van der Waals surface area contributed by atoms with Gasteiger partial charge in [0.1, 0.15) is 0 Å². The Morgan fingerprint density at radius 1 is 1.71 bits per heavy atom. The molecule has 5 heteroatoms. The molecule has 0 aromatic rings. The minimum absolute atomic E-state index is 0.150. The molecule has 0 saturated heterocycles. The van der Waals surface area contributed by atoms with Gasteiger partial charge in [-0.05, 0) is 0 Å². The number of carbonyl (C=O) groups excluding carboxylic acids is 2. The molecule has 1 saturated carbocycles. The number of ether oxygens (including phenoxy) is 1. The van der Waals surface area contributed by atoms with E-state index in [1.807, 2.05) is 0 Å². The van der Waals surface area contributed by atoms with Crippen molar-refractivity contribution in [3.8, 4) is 0 Å². The summed E-state index contributed by atoms with van der Waals surface area (Å²) in [5.41, 5.74) is 7.58. The third-order valence-corrected chi connectivity index (χ3v) is 2.92. The predicted molar refractivity (Wildman–Crippen MR) is 68.3 cm³/mol. The van der Waals surface area contributed by atoms with Crippen molar-refractivity contribution in [3.63, 3.8) is 0 Å². The van der Waals surface area contributed by atoms with E-state index in [2.05, 4.69) is 14.1 Å². The molecule has 0 bridgehead atoms. The number of carbonyl (C=O) groups is 2. The fourth-order valence-electron chi connectivity index (χ4n) is 1.75. The summed E-state index contributed by atoms with van der Waals surface area (Å²) >= 11 is 0. The molecule has 0 radical (unpaired) electrons. The first-order chi connectivity index (χ1) is 8.04. The Kier molecular flexibility index (Phi) is 5.29. The quantitative estimate of drug-likeness (QED) is 0.414. The Morgan fingerprint density at radius 2 is 2.41 bits per heavy atom. The van der Waals surface area contributed by atoms with Gasteiger partial charge < -0.3 is 0 Å². The molecule has 2 unspecified atom stereocenters. The van der Waals surface area contributed by atoms with Crippen LogP contribution in [0.1, 0.15) is 32.1 Å². The zero-order valence-corrected chi connectivity index (χ0v) is 9.98. The number of esters is 1. The van der Waals surface area contributed by atoms with Gasteiger partial charge >= 0.3 is 102 Å². The molecule has 1 aliphatic rings. The van der Waals surface area contributed by atoms with Crippen molar-refractivity contribution in [2.45, 2.75) is 44.2 Å². The van der Waals surface area contributed by atoms with Crippen LogP contribution in [0, 0.1) is 0 Å². The number of hydrogen-bond donors (Lipinski definition) is 1. The summed E-state index contributed by atoms with van der Waals surface area (Å²) in [5.74, 6) is -0.433. The van der Waals surface area contributed by atoms with Crippen LogP contribution in [0.15, 0.2) is 12.2 Å². The van der Waals surface area contributed by atoms with Crippen LogP contribution in [0.2, 0.25) is 0 Å². The van der Waals surface area contributed by atoms with E-state index in [1.54, 1.807) is 0 Å². The molecule has 1 rings (SSSR count). The molecule has 0 spiro atoms. The topological polar surface area (TPSA) is 69.4 Å². The van der Waals surface area contributed by atoms with E-state index in [1.165, 1.54) is 0 Å². The molecule has 0 aromatic heterocycles. The summed E-state index contributed by atoms with van der Waals surface area (Å²) in [5, 5.41) is 0. The minimum atomic E-state index is -0.710. The maximum absolute atomic E-state index is 11.6. The average Bonchev–Trinajstić information content (AvgIpc) is 2.30. The van der Waals surface area contributed by atoms with Crippen molar-refractivity contribution in [3.05, 3.63) is 12.2 Å². The van der Waals surface area contributed by atoms with E-state index in [4.69, 9.17) is 10.5 Å². The van der Waals surface area contributed by atoms with Crippen LogP contribution < -0.4 is 5.73 Å². The normalized spacial score (nSPS) is 22.0. The van der Waals surface area contributed by atoms with Crippen LogP contribution in [-0.4, -0.2) is 37.4 Å². The van der Waals surface area contributed by atoms with Gasteiger partial charge in [-0.15, -0.1) is 0 Å². The summed E-state index contributed by atoms with van der Waals surface area (Å²) in [4.78, 5) is 21.8. The van der Waals surface area contributed by atoms with E-state index in [0.29, 0.717) is 12.8 Å². The molecule has 4 nitrogen and oxygen atoms in total. The van der Waals surface area contributed by atoms with Gasteiger partial charge in [-0.1, -0.05) is 0 Å². The fraction of sp³-hybridized carbons (Fsp3) is 0.583. The molecule has 0 aromatic carbocycles. The van der Waals surface area contributed by atoms with E-state index in [9.17, 15) is 9.59 Å². The molecule has 2 N–H and O–H groups in total. The average molecular weight is 235 g/mol. The van der Waals surface area contributed by atoms with Crippen molar-refractivity contribution in [2.24, 2.45) is 5.73 Å². The second-order valence-electron chi connectivity index (χ2n) is 4.36. The molecule has 2 atom stereocenters. The van der Waals surface area contributed by atoms with Crippen molar-refractivity contribution in [1.82, 2.24) is 0 Å². The SMILES string of the molecule is B=C1CCC(OC(=O)C(N)CCC=O)CC1=C. The first kappa shape index (κ1) is 13.8. The predicted octanol–water partition coefficient (Wildman–Crippen LogP) is 0.0179. The van der Waals surface area contributed by atoms with E-state index in [0.717, 1.165) is 30.2 Å². The van der Waals surface area contributed by atoms with Crippen molar-refractivity contribution in [1.29, 1.82) is 0 Å². The Labute approximate surface area is 102 Å². The zero-order chi connectivity index (χ0) is 12.8. The molecule has 1 aliphatic carbocycles. The van der Waals surface area contributed by atoms with Gasteiger partial charge in [-0.3, -0.25) is 0 Å². The fourth-order valence-corrected chi connectivity index (χ4v) is 1.75. The number of rotatable bonds is 5. The van der Waals surface area contributed by atoms with Crippen LogP contribution >= 0.6 is 0 Å². The van der Waals surface area contributed by atoms with Crippen LogP contribution in [0.25, 0.3) is 0 Å².